The number of hydrogen-bond acceptors (Lipinski definition) is 2. The Kier molecular flexibility index (Phi) is 3.56. The van der Waals surface area contributed by atoms with Crippen LogP contribution in [0.3, 0.4) is 0 Å². The number of rotatable bonds is 2. The average molecular weight is 300 g/mol. The van der Waals surface area contributed by atoms with Gasteiger partial charge in [0.2, 0.25) is 0 Å². The number of nitrogens with zero attached hydrogens (tertiary/aromatic N) is 2. The Bertz CT molecular complexity index is 488. The third-order valence-electron chi connectivity index (χ3n) is 3.71. The summed E-state index contributed by atoms with van der Waals surface area (Å²) in [6, 6.07) is 5.77. The zero-order valence-electron chi connectivity index (χ0n) is 10.4. The van der Waals surface area contributed by atoms with Gasteiger partial charge in [-0.15, -0.1) is 0 Å². The second-order valence-corrected chi connectivity index (χ2v) is 5.73. The highest BCUT2D eigenvalue weighted by molar-refractivity contribution is 6.36. The van der Waals surface area contributed by atoms with Crippen LogP contribution in [0.2, 0.25) is 10.0 Å². The Hall–Kier alpha value is -0.970. The van der Waals surface area contributed by atoms with Crippen molar-refractivity contribution in [2.45, 2.75) is 12.6 Å². The number of benzene rings is 1. The van der Waals surface area contributed by atoms with Crippen LogP contribution >= 0.6 is 23.2 Å². The SMILES string of the molecule is O=C1N(Cc2c(Cl)cccc2Cl)CC2CNCCN12. The van der Waals surface area contributed by atoms with E-state index in [1.807, 2.05) is 15.9 Å². The van der Waals surface area contributed by atoms with E-state index in [-0.39, 0.29) is 12.1 Å². The van der Waals surface area contributed by atoms with Crippen LogP contribution in [-0.2, 0) is 6.54 Å². The van der Waals surface area contributed by atoms with Crippen molar-refractivity contribution in [1.29, 1.82) is 0 Å². The lowest BCUT2D eigenvalue weighted by molar-refractivity contribution is 0.178. The number of piperazine rings is 1. The molecule has 2 aliphatic heterocycles. The van der Waals surface area contributed by atoms with Crippen molar-refractivity contribution in [2.24, 2.45) is 0 Å². The summed E-state index contributed by atoms with van der Waals surface area (Å²) < 4.78 is 0. The molecule has 2 saturated heterocycles. The predicted molar refractivity (Wildman–Crippen MR) is 75.6 cm³/mol. The van der Waals surface area contributed by atoms with Gasteiger partial charge in [0.15, 0.2) is 0 Å². The van der Waals surface area contributed by atoms with Crippen LogP contribution in [0.15, 0.2) is 18.2 Å². The predicted octanol–water partition coefficient (Wildman–Crippen LogP) is 2.20. The molecule has 0 radical (unpaired) electrons. The van der Waals surface area contributed by atoms with E-state index in [0.29, 0.717) is 16.6 Å². The van der Waals surface area contributed by atoms with Crippen molar-refractivity contribution in [3.05, 3.63) is 33.8 Å². The van der Waals surface area contributed by atoms with Gasteiger partial charge in [0.1, 0.15) is 0 Å². The maximum Gasteiger partial charge on any atom is 0.320 e. The normalized spacial score (nSPS) is 22.8. The molecule has 102 valence electrons. The summed E-state index contributed by atoms with van der Waals surface area (Å²) in [5.74, 6) is 0. The Labute approximate surface area is 122 Å². The molecule has 0 spiro atoms. The Morgan fingerprint density at radius 3 is 2.74 bits per heavy atom. The van der Waals surface area contributed by atoms with Crippen molar-refractivity contribution < 1.29 is 4.79 Å². The highest BCUT2D eigenvalue weighted by Gasteiger charge is 2.38. The summed E-state index contributed by atoms with van der Waals surface area (Å²) in [5, 5.41) is 4.54. The van der Waals surface area contributed by atoms with Gasteiger partial charge in [-0.05, 0) is 12.1 Å². The van der Waals surface area contributed by atoms with Gasteiger partial charge in [-0.25, -0.2) is 4.79 Å². The van der Waals surface area contributed by atoms with E-state index in [9.17, 15) is 4.79 Å². The first-order valence-corrected chi connectivity index (χ1v) is 7.11. The summed E-state index contributed by atoms with van der Waals surface area (Å²) in [4.78, 5) is 16.1. The lowest BCUT2D eigenvalue weighted by Gasteiger charge is -2.28. The van der Waals surface area contributed by atoms with Crippen LogP contribution < -0.4 is 5.32 Å². The molecule has 6 heteroatoms. The van der Waals surface area contributed by atoms with Crippen LogP contribution in [0.1, 0.15) is 5.56 Å². The first-order chi connectivity index (χ1) is 9.16. The minimum Gasteiger partial charge on any atom is -0.318 e. The molecule has 4 nitrogen and oxygen atoms in total. The lowest BCUT2D eigenvalue weighted by atomic mass is 10.2. The van der Waals surface area contributed by atoms with Crippen molar-refractivity contribution >= 4 is 29.2 Å². The Morgan fingerprint density at radius 1 is 1.32 bits per heavy atom. The van der Waals surface area contributed by atoms with E-state index in [0.717, 1.165) is 31.7 Å². The third kappa shape index (κ3) is 2.40. The molecule has 0 saturated carbocycles. The van der Waals surface area contributed by atoms with Gasteiger partial charge in [-0.3, -0.25) is 0 Å². The highest BCUT2D eigenvalue weighted by atomic mass is 35.5. The van der Waals surface area contributed by atoms with Crippen LogP contribution in [0.5, 0.6) is 0 Å². The Balaban J connectivity index is 1.79. The number of fused-ring (bicyclic) bond motifs is 1. The molecular formula is C13H15Cl2N3O. The van der Waals surface area contributed by atoms with Crippen LogP contribution in [0.4, 0.5) is 4.79 Å². The van der Waals surface area contributed by atoms with Crippen LogP contribution in [0.25, 0.3) is 0 Å². The molecule has 2 heterocycles. The fourth-order valence-electron chi connectivity index (χ4n) is 2.70. The Morgan fingerprint density at radius 2 is 2.05 bits per heavy atom. The van der Waals surface area contributed by atoms with E-state index in [4.69, 9.17) is 23.2 Å². The zero-order valence-corrected chi connectivity index (χ0v) is 11.9. The molecule has 0 bridgehead atoms. The molecule has 2 amide bonds. The number of urea groups is 1. The molecule has 0 aliphatic carbocycles. The monoisotopic (exact) mass is 299 g/mol. The summed E-state index contributed by atoms with van der Waals surface area (Å²) in [7, 11) is 0. The molecule has 1 atom stereocenters. The molecule has 1 N–H and O–H groups in total. The van der Waals surface area contributed by atoms with E-state index in [1.165, 1.54) is 0 Å². The maximum atomic E-state index is 12.3. The van der Waals surface area contributed by atoms with Gasteiger partial charge in [-0.1, -0.05) is 29.3 Å². The largest absolute Gasteiger partial charge is 0.320 e. The van der Waals surface area contributed by atoms with Crippen molar-refractivity contribution in [2.75, 3.05) is 26.2 Å². The third-order valence-corrected chi connectivity index (χ3v) is 4.42. The number of halogens is 2. The van der Waals surface area contributed by atoms with Gasteiger partial charge >= 0.3 is 6.03 Å². The second kappa shape index (κ2) is 5.19. The number of amides is 2. The summed E-state index contributed by atoms with van der Waals surface area (Å²) in [6.45, 7) is 3.70. The minimum atomic E-state index is 0.0856. The summed E-state index contributed by atoms with van der Waals surface area (Å²) in [6.07, 6.45) is 0. The first kappa shape index (κ1) is 13.0. The maximum absolute atomic E-state index is 12.3. The standard InChI is InChI=1S/C13H15Cl2N3O/c14-11-2-1-3-12(15)10(11)8-17-7-9-6-16-4-5-18(9)13(17)19/h1-3,9,16H,4-8H2. The van der Waals surface area contributed by atoms with E-state index < -0.39 is 0 Å². The number of carbonyl (C=O) groups is 1. The van der Waals surface area contributed by atoms with Crippen molar-refractivity contribution in [3.63, 3.8) is 0 Å². The molecule has 2 fully saturated rings. The average Bonchev–Trinajstić information content (AvgIpc) is 2.72. The lowest BCUT2D eigenvalue weighted by Crippen LogP contribution is -2.49. The molecule has 2 aliphatic rings. The topological polar surface area (TPSA) is 35.6 Å². The van der Waals surface area contributed by atoms with Gasteiger partial charge < -0.3 is 15.1 Å². The molecule has 3 rings (SSSR count). The fourth-order valence-corrected chi connectivity index (χ4v) is 3.21. The summed E-state index contributed by atoms with van der Waals surface area (Å²) >= 11 is 12.3. The fraction of sp³-hybridized carbons (Fsp3) is 0.462. The molecular weight excluding hydrogens is 285 g/mol. The van der Waals surface area contributed by atoms with E-state index in [2.05, 4.69) is 5.32 Å². The smallest absolute Gasteiger partial charge is 0.318 e. The highest BCUT2D eigenvalue weighted by Crippen LogP contribution is 2.28. The van der Waals surface area contributed by atoms with Gasteiger partial charge in [-0.2, -0.15) is 0 Å². The molecule has 1 aromatic carbocycles. The molecule has 1 unspecified atom stereocenters. The number of carbonyl (C=O) groups excluding carboxylic acids is 1. The van der Waals surface area contributed by atoms with Crippen LogP contribution in [0, 0.1) is 0 Å². The molecule has 1 aromatic rings. The molecule has 19 heavy (non-hydrogen) atoms. The quantitative estimate of drug-likeness (QED) is 0.909. The van der Waals surface area contributed by atoms with E-state index >= 15 is 0 Å². The van der Waals surface area contributed by atoms with Crippen LogP contribution in [-0.4, -0.2) is 48.1 Å². The number of hydrogen-bond donors (Lipinski definition) is 1. The van der Waals surface area contributed by atoms with E-state index in [1.54, 1.807) is 12.1 Å². The number of nitrogens with one attached hydrogen (secondary N) is 1. The van der Waals surface area contributed by atoms with Gasteiger partial charge in [0, 0.05) is 41.8 Å². The van der Waals surface area contributed by atoms with Gasteiger partial charge in [0.05, 0.1) is 12.6 Å². The molecule has 0 aromatic heterocycles. The van der Waals surface area contributed by atoms with Crippen molar-refractivity contribution in [3.8, 4) is 0 Å². The second-order valence-electron chi connectivity index (χ2n) is 4.91. The summed E-state index contributed by atoms with van der Waals surface area (Å²) in [5.41, 5.74) is 0.826. The van der Waals surface area contributed by atoms with Gasteiger partial charge in [0.25, 0.3) is 0 Å². The zero-order chi connectivity index (χ0) is 13.4. The minimum absolute atomic E-state index is 0.0856. The van der Waals surface area contributed by atoms with Crippen molar-refractivity contribution in [1.82, 2.24) is 15.1 Å². The first-order valence-electron chi connectivity index (χ1n) is 6.36.